The van der Waals surface area contributed by atoms with E-state index in [-0.39, 0.29) is 0 Å². The topological polar surface area (TPSA) is 62.4 Å². The summed E-state index contributed by atoms with van der Waals surface area (Å²) in [6.07, 6.45) is 3.94. The molecule has 1 fully saturated rings. The van der Waals surface area contributed by atoms with Gasteiger partial charge in [0, 0.05) is 6.04 Å². The molecular formula is C10H22N4. The van der Waals surface area contributed by atoms with Gasteiger partial charge in [0.05, 0.1) is 6.04 Å². The second kappa shape index (κ2) is 5.20. The molecule has 4 N–H and O–H groups in total. The zero-order valence-corrected chi connectivity index (χ0v) is 9.38. The average molecular weight is 198 g/mol. The molecule has 1 aliphatic rings. The van der Waals surface area contributed by atoms with Crippen LogP contribution >= 0.6 is 0 Å². The summed E-state index contributed by atoms with van der Waals surface area (Å²) in [7, 11) is 0. The van der Waals surface area contributed by atoms with Crippen LogP contribution in [0.3, 0.4) is 0 Å². The number of nitrogens with zero attached hydrogens (tertiary/aromatic N) is 1. The average Bonchev–Trinajstić information content (AvgIpc) is 2.86. The van der Waals surface area contributed by atoms with Crippen LogP contribution in [0.5, 0.6) is 0 Å². The Morgan fingerprint density at radius 2 is 2.07 bits per heavy atom. The van der Waals surface area contributed by atoms with E-state index in [1.807, 2.05) is 0 Å². The van der Waals surface area contributed by atoms with Gasteiger partial charge in [-0.2, -0.15) is 0 Å². The van der Waals surface area contributed by atoms with Crippen molar-refractivity contribution in [2.24, 2.45) is 16.8 Å². The summed E-state index contributed by atoms with van der Waals surface area (Å²) < 4.78 is 0. The Kier molecular flexibility index (Phi) is 4.20. The Labute approximate surface area is 86.3 Å². The highest BCUT2D eigenvalue weighted by Gasteiger charge is 2.23. The smallest absolute Gasteiger partial charge is 0.206 e. The van der Waals surface area contributed by atoms with Crippen LogP contribution in [-0.4, -0.2) is 18.0 Å². The second-order valence-corrected chi connectivity index (χ2v) is 4.45. The van der Waals surface area contributed by atoms with Crippen LogP contribution in [0.4, 0.5) is 0 Å². The van der Waals surface area contributed by atoms with Crippen molar-refractivity contribution in [3.63, 3.8) is 0 Å². The molecule has 1 aliphatic carbocycles. The first kappa shape index (κ1) is 11.3. The maximum atomic E-state index is 5.37. The monoisotopic (exact) mass is 198 g/mol. The fourth-order valence-corrected chi connectivity index (χ4v) is 1.50. The Hall–Kier alpha value is -0.770. The van der Waals surface area contributed by atoms with Crippen molar-refractivity contribution in [1.82, 2.24) is 10.7 Å². The predicted octanol–water partition coefficient (Wildman–Crippen LogP) is 0.992. The van der Waals surface area contributed by atoms with Crippen LogP contribution in [0.1, 0.15) is 40.0 Å². The second-order valence-electron chi connectivity index (χ2n) is 4.45. The third-order valence-electron chi connectivity index (χ3n) is 2.28. The van der Waals surface area contributed by atoms with Gasteiger partial charge in [-0.1, -0.05) is 12.8 Å². The third kappa shape index (κ3) is 4.46. The van der Waals surface area contributed by atoms with Crippen LogP contribution in [0, 0.1) is 5.92 Å². The molecule has 0 aromatic heterocycles. The van der Waals surface area contributed by atoms with Gasteiger partial charge in [-0.15, -0.1) is 0 Å². The predicted molar refractivity (Wildman–Crippen MR) is 59.8 cm³/mol. The summed E-state index contributed by atoms with van der Waals surface area (Å²) in [5.74, 6) is 6.98. The Bertz CT molecular complexity index is 196. The molecule has 4 nitrogen and oxygen atoms in total. The molecule has 0 spiro atoms. The van der Waals surface area contributed by atoms with E-state index in [1.54, 1.807) is 0 Å². The zero-order valence-electron chi connectivity index (χ0n) is 9.38. The highest BCUT2D eigenvalue weighted by molar-refractivity contribution is 5.79. The van der Waals surface area contributed by atoms with Gasteiger partial charge in [0.1, 0.15) is 0 Å². The van der Waals surface area contributed by atoms with Gasteiger partial charge in [0.25, 0.3) is 0 Å². The summed E-state index contributed by atoms with van der Waals surface area (Å²) in [5, 5.41) is 3.17. The minimum Gasteiger partial charge on any atom is -0.353 e. The lowest BCUT2D eigenvalue weighted by Crippen LogP contribution is -2.45. The molecule has 1 unspecified atom stereocenters. The van der Waals surface area contributed by atoms with Crippen molar-refractivity contribution in [2.75, 3.05) is 0 Å². The molecule has 1 rings (SSSR count). The summed E-state index contributed by atoms with van der Waals surface area (Å²) in [5.41, 5.74) is 2.60. The van der Waals surface area contributed by atoms with E-state index in [9.17, 15) is 0 Å². The molecule has 1 atom stereocenters. The van der Waals surface area contributed by atoms with Crippen molar-refractivity contribution >= 4 is 5.96 Å². The van der Waals surface area contributed by atoms with E-state index < -0.39 is 0 Å². The molecule has 1 saturated carbocycles. The summed E-state index contributed by atoms with van der Waals surface area (Å²) in [6.45, 7) is 6.27. The van der Waals surface area contributed by atoms with E-state index in [4.69, 9.17) is 5.84 Å². The maximum absolute atomic E-state index is 5.37. The van der Waals surface area contributed by atoms with E-state index in [1.165, 1.54) is 19.3 Å². The van der Waals surface area contributed by atoms with Gasteiger partial charge in [-0.05, 0) is 33.1 Å². The summed E-state index contributed by atoms with van der Waals surface area (Å²) in [4.78, 5) is 4.48. The van der Waals surface area contributed by atoms with Crippen molar-refractivity contribution < 1.29 is 0 Å². The summed E-state index contributed by atoms with van der Waals surface area (Å²) in [6, 6.07) is 0.720. The number of nitrogens with one attached hydrogen (secondary N) is 2. The molecule has 0 bridgehead atoms. The van der Waals surface area contributed by atoms with Crippen molar-refractivity contribution in [1.29, 1.82) is 0 Å². The lowest BCUT2D eigenvalue weighted by Gasteiger charge is -2.14. The Morgan fingerprint density at radius 3 is 2.50 bits per heavy atom. The molecule has 0 radical (unpaired) electrons. The van der Waals surface area contributed by atoms with Gasteiger partial charge in [-0.3, -0.25) is 5.43 Å². The van der Waals surface area contributed by atoms with Crippen LogP contribution in [0.15, 0.2) is 4.99 Å². The van der Waals surface area contributed by atoms with Crippen molar-refractivity contribution in [3.05, 3.63) is 0 Å². The molecule has 0 amide bonds. The molecule has 14 heavy (non-hydrogen) atoms. The number of hydrogen-bond acceptors (Lipinski definition) is 2. The number of hydrogen-bond donors (Lipinski definition) is 3. The van der Waals surface area contributed by atoms with Crippen LogP contribution < -0.4 is 16.6 Å². The molecule has 82 valence electrons. The number of aliphatic imine (C=N–C) groups is 1. The summed E-state index contributed by atoms with van der Waals surface area (Å²) >= 11 is 0. The fraction of sp³-hybridized carbons (Fsp3) is 0.900. The molecule has 4 heteroatoms. The molecule has 0 aromatic rings. The minimum atomic E-state index is 0.359. The molecule has 0 saturated heterocycles. The minimum absolute atomic E-state index is 0.359. The molecule has 0 aliphatic heterocycles. The normalized spacial score (nSPS) is 19.6. The van der Waals surface area contributed by atoms with Crippen LogP contribution in [-0.2, 0) is 0 Å². The van der Waals surface area contributed by atoms with E-state index >= 15 is 0 Å². The first-order valence-corrected chi connectivity index (χ1v) is 5.42. The van der Waals surface area contributed by atoms with Gasteiger partial charge in [-0.25, -0.2) is 10.8 Å². The number of rotatable bonds is 4. The fourth-order valence-electron chi connectivity index (χ4n) is 1.50. The SMILES string of the molecule is CC(CC1CC1)N=C(NN)NC(C)C. The van der Waals surface area contributed by atoms with Crippen LogP contribution in [0.25, 0.3) is 0 Å². The highest BCUT2D eigenvalue weighted by Crippen LogP contribution is 2.34. The van der Waals surface area contributed by atoms with Gasteiger partial charge < -0.3 is 5.32 Å². The van der Waals surface area contributed by atoms with Gasteiger partial charge in [0.2, 0.25) is 5.96 Å². The highest BCUT2D eigenvalue weighted by atomic mass is 15.3. The van der Waals surface area contributed by atoms with E-state index in [2.05, 4.69) is 36.5 Å². The number of nitrogens with two attached hydrogens (primary N) is 1. The Balaban J connectivity index is 2.35. The quantitative estimate of drug-likeness (QED) is 0.273. The Morgan fingerprint density at radius 1 is 1.43 bits per heavy atom. The van der Waals surface area contributed by atoms with Crippen molar-refractivity contribution in [3.8, 4) is 0 Å². The maximum Gasteiger partial charge on any atom is 0.206 e. The van der Waals surface area contributed by atoms with Gasteiger partial charge in [0.15, 0.2) is 0 Å². The first-order chi connectivity index (χ1) is 6.61. The largest absolute Gasteiger partial charge is 0.353 e. The lowest BCUT2D eigenvalue weighted by atomic mass is 10.2. The van der Waals surface area contributed by atoms with E-state index in [0.29, 0.717) is 18.0 Å². The third-order valence-corrected chi connectivity index (χ3v) is 2.28. The number of guanidine groups is 1. The van der Waals surface area contributed by atoms with Gasteiger partial charge >= 0.3 is 0 Å². The zero-order chi connectivity index (χ0) is 10.6. The standard InChI is InChI=1S/C10H22N4/c1-7(2)12-10(14-11)13-8(3)6-9-4-5-9/h7-9H,4-6,11H2,1-3H3,(H2,12,13,14). The van der Waals surface area contributed by atoms with Crippen LogP contribution in [0.2, 0.25) is 0 Å². The molecule has 0 aromatic carbocycles. The van der Waals surface area contributed by atoms with E-state index in [0.717, 1.165) is 5.92 Å². The molecular weight excluding hydrogens is 176 g/mol. The first-order valence-electron chi connectivity index (χ1n) is 5.42. The molecule has 0 heterocycles. The van der Waals surface area contributed by atoms with Crippen molar-refractivity contribution in [2.45, 2.75) is 52.1 Å². The lowest BCUT2D eigenvalue weighted by molar-refractivity contribution is 0.599. The number of hydrazine groups is 1.